The third kappa shape index (κ3) is 3.54. The average molecular weight is 272 g/mol. The van der Waals surface area contributed by atoms with Gasteiger partial charge < -0.3 is 10.1 Å². The highest BCUT2D eigenvalue weighted by Gasteiger charge is 2.06. The molecule has 1 aromatic carbocycles. The van der Waals surface area contributed by atoms with E-state index in [0.717, 1.165) is 10.8 Å². The normalized spacial score (nSPS) is 10.2. The molecule has 0 bridgehead atoms. The lowest BCUT2D eigenvalue weighted by Gasteiger charge is -2.06. The highest BCUT2D eigenvalue weighted by atomic mass is 16.5. The maximum absolute atomic E-state index is 12.0. The second kappa shape index (κ2) is 6.65. The molecule has 1 N–H and O–H groups in total. The van der Waals surface area contributed by atoms with Crippen molar-refractivity contribution in [3.63, 3.8) is 0 Å². The van der Waals surface area contributed by atoms with Crippen LogP contribution >= 0.6 is 0 Å². The van der Waals surface area contributed by atoms with Crippen LogP contribution in [0.3, 0.4) is 0 Å². The summed E-state index contributed by atoms with van der Waals surface area (Å²) in [5.74, 6) is -0.411. The van der Waals surface area contributed by atoms with Crippen LogP contribution in [0.4, 0.5) is 0 Å². The molecule has 0 atom stereocenters. The Kier molecular flexibility index (Phi) is 4.65. The zero-order valence-electron chi connectivity index (χ0n) is 11.3. The Labute approximate surface area is 117 Å². The summed E-state index contributed by atoms with van der Waals surface area (Å²) in [5.41, 5.74) is 0.599. The lowest BCUT2D eigenvalue weighted by Crippen LogP contribution is -2.24. The first-order chi connectivity index (χ1) is 9.70. The van der Waals surface area contributed by atoms with Gasteiger partial charge in [0.1, 0.15) is 0 Å². The third-order valence-corrected chi connectivity index (χ3v) is 2.97. The number of rotatable bonds is 5. The molecule has 1 amide bonds. The van der Waals surface area contributed by atoms with Crippen LogP contribution in [0.1, 0.15) is 23.2 Å². The van der Waals surface area contributed by atoms with Crippen LogP contribution in [0.25, 0.3) is 10.8 Å². The molecule has 0 radical (unpaired) electrons. The number of nitrogens with zero attached hydrogens (tertiary/aromatic N) is 1. The first-order valence-electron chi connectivity index (χ1n) is 6.39. The van der Waals surface area contributed by atoms with E-state index in [0.29, 0.717) is 24.9 Å². The molecule has 104 valence electrons. The van der Waals surface area contributed by atoms with Crippen LogP contribution in [-0.4, -0.2) is 30.5 Å². The molecule has 0 aliphatic carbocycles. The van der Waals surface area contributed by atoms with Gasteiger partial charge in [-0.25, -0.2) is 0 Å². The van der Waals surface area contributed by atoms with Gasteiger partial charge in [0.05, 0.1) is 7.11 Å². The Morgan fingerprint density at radius 2 is 2.10 bits per heavy atom. The summed E-state index contributed by atoms with van der Waals surface area (Å²) in [4.78, 5) is 26.9. The van der Waals surface area contributed by atoms with Crippen molar-refractivity contribution >= 4 is 22.6 Å². The third-order valence-electron chi connectivity index (χ3n) is 2.97. The van der Waals surface area contributed by atoms with E-state index < -0.39 is 0 Å². The van der Waals surface area contributed by atoms with E-state index in [1.807, 2.05) is 18.2 Å². The molecule has 5 nitrogen and oxygen atoms in total. The van der Waals surface area contributed by atoms with Crippen molar-refractivity contribution in [3.05, 3.63) is 42.2 Å². The molecule has 20 heavy (non-hydrogen) atoms. The highest BCUT2D eigenvalue weighted by Crippen LogP contribution is 2.14. The number of pyridine rings is 1. The Morgan fingerprint density at radius 1 is 1.25 bits per heavy atom. The summed E-state index contributed by atoms with van der Waals surface area (Å²) in [5, 5.41) is 4.75. The second-order valence-corrected chi connectivity index (χ2v) is 4.37. The number of amides is 1. The van der Waals surface area contributed by atoms with Gasteiger partial charge in [-0.2, -0.15) is 0 Å². The fourth-order valence-corrected chi connectivity index (χ4v) is 1.86. The Balaban J connectivity index is 1.92. The fourth-order valence-electron chi connectivity index (χ4n) is 1.86. The van der Waals surface area contributed by atoms with Gasteiger partial charge in [0.2, 0.25) is 0 Å². The minimum absolute atomic E-state index is 0.145. The van der Waals surface area contributed by atoms with Gasteiger partial charge >= 0.3 is 5.97 Å². The van der Waals surface area contributed by atoms with Crippen molar-refractivity contribution < 1.29 is 14.3 Å². The molecular weight excluding hydrogens is 256 g/mol. The van der Waals surface area contributed by atoms with Gasteiger partial charge in [0.25, 0.3) is 5.91 Å². The summed E-state index contributed by atoms with van der Waals surface area (Å²) < 4.78 is 4.53. The van der Waals surface area contributed by atoms with Crippen LogP contribution in [0.5, 0.6) is 0 Å². The number of carbonyl (C=O) groups is 2. The number of esters is 1. The quantitative estimate of drug-likeness (QED) is 0.667. The number of benzene rings is 1. The van der Waals surface area contributed by atoms with E-state index in [1.165, 1.54) is 7.11 Å². The molecule has 0 aliphatic rings. The number of carbonyl (C=O) groups excluding carboxylic acids is 2. The molecule has 5 heteroatoms. The van der Waals surface area contributed by atoms with Gasteiger partial charge in [-0.3, -0.25) is 14.6 Å². The van der Waals surface area contributed by atoms with Crippen molar-refractivity contribution in [2.24, 2.45) is 0 Å². The smallest absolute Gasteiger partial charge is 0.305 e. The Hall–Kier alpha value is -2.43. The summed E-state index contributed by atoms with van der Waals surface area (Å²) in [7, 11) is 1.35. The van der Waals surface area contributed by atoms with Gasteiger partial charge in [-0.15, -0.1) is 0 Å². The molecule has 2 aromatic rings. The van der Waals surface area contributed by atoms with Crippen molar-refractivity contribution in [1.29, 1.82) is 0 Å². The Morgan fingerprint density at radius 3 is 2.90 bits per heavy atom. The van der Waals surface area contributed by atoms with E-state index >= 15 is 0 Å². The van der Waals surface area contributed by atoms with Crippen LogP contribution in [-0.2, 0) is 9.53 Å². The zero-order valence-corrected chi connectivity index (χ0v) is 11.3. The van der Waals surface area contributed by atoms with E-state index in [4.69, 9.17) is 0 Å². The van der Waals surface area contributed by atoms with Gasteiger partial charge in [0, 0.05) is 36.3 Å². The van der Waals surface area contributed by atoms with Gasteiger partial charge in [-0.1, -0.05) is 6.07 Å². The van der Waals surface area contributed by atoms with E-state index in [-0.39, 0.29) is 11.9 Å². The first kappa shape index (κ1) is 14.0. The minimum atomic E-state index is -0.266. The molecule has 2 rings (SSSR count). The SMILES string of the molecule is COC(=O)CCCNC(=O)c1ccc2cnccc2c1. The van der Waals surface area contributed by atoms with Crippen molar-refractivity contribution in [3.8, 4) is 0 Å². The lowest BCUT2D eigenvalue weighted by atomic mass is 10.1. The van der Waals surface area contributed by atoms with Crippen LogP contribution in [0, 0.1) is 0 Å². The predicted octanol–water partition coefficient (Wildman–Crippen LogP) is 1.92. The molecular formula is C15H16N2O3. The summed E-state index contributed by atoms with van der Waals surface area (Å²) >= 11 is 0. The molecule has 0 aliphatic heterocycles. The maximum Gasteiger partial charge on any atom is 0.305 e. The van der Waals surface area contributed by atoms with Gasteiger partial charge in [0.15, 0.2) is 0 Å². The molecule has 0 saturated carbocycles. The molecule has 1 aromatic heterocycles. The fraction of sp³-hybridized carbons (Fsp3) is 0.267. The van der Waals surface area contributed by atoms with Crippen molar-refractivity contribution in [1.82, 2.24) is 10.3 Å². The number of hydrogen-bond acceptors (Lipinski definition) is 4. The molecule has 0 unspecified atom stereocenters. The standard InChI is InChI=1S/C15H16N2O3/c1-20-14(18)3-2-7-17-15(19)12-4-5-13-10-16-8-6-11(13)9-12/h4-6,8-10H,2-3,7H2,1H3,(H,17,19). The van der Waals surface area contributed by atoms with E-state index in [2.05, 4.69) is 15.0 Å². The molecule has 0 fully saturated rings. The topological polar surface area (TPSA) is 68.3 Å². The van der Waals surface area contributed by atoms with Crippen molar-refractivity contribution in [2.75, 3.05) is 13.7 Å². The van der Waals surface area contributed by atoms with E-state index in [9.17, 15) is 9.59 Å². The molecule has 0 spiro atoms. The summed E-state index contributed by atoms with van der Waals surface area (Å²) in [6, 6.07) is 7.32. The van der Waals surface area contributed by atoms with Crippen LogP contribution in [0.2, 0.25) is 0 Å². The largest absolute Gasteiger partial charge is 0.469 e. The maximum atomic E-state index is 12.0. The lowest BCUT2D eigenvalue weighted by molar-refractivity contribution is -0.140. The predicted molar refractivity (Wildman–Crippen MR) is 75.3 cm³/mol. The van der Waals surface area contributed by atoms with Crippen LogP contribution < -0.4 is 5.32 Å². The number of ether oxygens (including phenoxy) is 1. The first-order valence-corrected chi connectivity index (χ1v) is 6.39. The minimum Gasteiger partial charge on any atom is -0.469 e. The number of nitrogens with one attached hydrogen (secondary N) is 1. The average Bonchev–Trinajstić information content (AvgIpc) is 2.50. The molecule has 1 heterocycles. The number of aromatic nitrogens is 1. The molecule has 0 saturated heterocycles. The Bertz CT molecular complexity index is 625. The monoisotopic (exact) mass is 272 g/mol. The highest BCUT2D eigenvalue weighted by molar-refractivity contribution is 5.98. The zero-order chi connectivity index (χ0) is 14.4. The second-order valence-electron chi connectivity index (χ2n) is 4.37. The van der Waals surface area contributed by atoms with Crippen LogP contribution in [0.15, 0.2) is 36.7 Å². The summed E-state index contributed by atoms with van der Waals surface area (Å²) in [6.45, 7) is 0.447. The summed E-state index contributed by atoms with van der Waals surface area (Å²) in [6.07, 6.45) is 4.32. The van der Waals surface area contributed by atoms with Crippen molar-refractivity contribution in [2.45, 2.75) is 12.8 Å². The number of hydrogen-bond donors (Lipinski definition) is 1. The van der Waals surface area contributed by atoms with Gasteiger partial charge in [-0.05, 0) is 30.0 Å². The number of methoxy groups -OCH3 is 1. The van der Waals surface area contributed by atoms with E-state index in [1.54, 1.807) is 18.5 Å². The number of fused-ring (bicyclic) bond motifs is 1.